The number of piperazine rings is 1. The van der Waals surface area contributed by atoms with Crippen molar-refractivity contribution in [2.45, 2.75) is 18.9 Å². The molecule has 1 saturated heterocycles. The lowest BCUT2D eigenvalue weighted by Crippen LogP contribution is -2.48. The van der Waals surface area contributed by atoms with Crippen LogP contribution in [0.5, 0.6) is 5.75 Å². The molecule has 0 saturated carbocycles. The van der Waals surface area contributed by atoms with Crippen molar-refractivity contribution in [2.75, 3.05) is 26.7 Å². The van der Waals surface area contributed by atoms with Crippen LogP contribution >= 0.6 is 0 Å². The molecule has 4 heteroatoms. The summed E-state index contributed by atoms with van der Waals surface area (Å²) in [6.45, 7) is 2.40. The van der Waals surface area contributed by atoms with Gasteiger partial charge in [0.2, 0.25) is 5.91 Å². The number of carbonyl (C=O) groups excluding carboxylic acids is 1. The summed E-state index contributed by atoms with van der Waals surface area (Å²) in [6, 6.07) is 18.3. The lowest BCUT2D eigenvalue weighted by Gasteiger charge is -2.36. The second kappa shape index (κ2) is 7.97. The summed E-state index contributed by atoms with van der Waals surface area (Å²) in [7, 11) is 1.66. The maximum absolute atomic E-state index is 12.8. The summed E-state index contributed by atoms with van der Waals surface area (Å²) >= 11 is 0. The third-order valence-corrected chi connectivity index (χ3v) is 4.53. The lowest BCUT2D eigenvalue weighted by molar-refractivity contribution is -0.134. The Labute approximate surface area is 143 Å². The molecule has 2 aromatic rings. The smallest absolute Gasteiger partial charge is 0.223 e. The average Bonchev–Trinajstić information content (AvgIpc) is 2.67. The number of methoxy groups -OCH3 is 1. The minimum atomic E-state index is 0.0907. The summed E-state index contributed by atoms with van der Waals surface area (Å²) in [5.41, 5.74) is 2.36. The van der Waals surface area contributed by atoms with Gasteiger partial charge in [-0.15, -0.1) is 0 Å². The van der Waals surface area contributed by atoms with Crippen LogP contribution in [0, 0.1) is 0 Å². The molecule has 0 aromatic heterocycles. The molecule has 2 aromatic carbocycles. The molecular weight excluding hydrogens is 300 g/mol. The van der Waals surface area contributed by atoms with Crippen LogP contribution in [-0.4, -0.2) is 37.6 Å². The van der Waals surface area contributed by atoms with Gasteiger partial charge in [0.05, 0.1) is 13.2 Å². The number of ether oxygens (including phenoxy) is 1. The van der Waals surface area contributed by atoms with Gasteiger partial charge in [0.15, 0.2) is 0 Å². The minimum Gasteiger partial charge on any atom is -0.497 e. The molecule has 1 fully saturated rings. The number of hydrogen-bond donors (Lipinski definition) is 1. The minimum absolute atomic E-state index is 0.0907. The molecule has 3 rings (SSSR count). The van der Waals surface area contributed by atoms with E-state index in [0.29, 0.717) is 6.42 Å². The molecule has 1 N–H and O–H groups in total. The maximum Gasteiger partial charge on any atom is 0.223 e. The van der Waals surface area contributed by atoms with E-state index in [1.54, 1.807) is 7.11 Å². The van der Waals surface area contributed by atoms with E-state index < -0.39 is 0 Å². The summed E-state index contributed by atoms with van der Waals surface area (Å²) in [5, 5.41) is 3.40. The van der Waals surface area contributed by atoms with Crippen molar-refractivity contribution in [1.82, 2.24) is 10.2 Å². The molecule has 24 heavy (non-hydrogen) atoms. The van der Waals surface area contributed by atoms with Crippen LogP contribution < -0.4 is 10.1 Å². The molecule has 0 bridgehead atoms. The van der Waals surface area contributed by atoms with E-state index in [2.05, 4.69) is 17.4 Å². The van der Waals surface area contributed by atoms with Crippen molar-refractivity contribution < 1.29 is 9.53 Å². The predicted molar refractivity (Wildman–Crippen MR) is 95.1 cm³/mol. The van der Waals surface area contributed by atoms with Gasteiger partial charge in [-0.05, 0) is 29.7 Å². The van der Waals surface area contributed by atoms with E-state index in [1.165, 1.54) is 5.56 Å². The first-order chi connectivity index (χ1) is 11.8. The third-order valence-electron chi connectivity index (χ3n) is 4.53. The Morgan fingerprint density at radius 3 is 2.62 bits per heavy atom. The van der Waals surface area contributed by atoms with Gasteiger partial charge in [0.1, 0.15) is 5.75 Å². The molecule has 1 aliphatic heterocycles. The van der Waals surface area contributed by atoms with Gasteiger partial charge in [-0.2, -0.15) is 0 Å². The maximum atomic E-state index is 12.8. The Hall–Kier alpha value is -2.33. The second-order valence-corrected chi connectivity index (χ2v) is 6.07. The molecule has 1 aliphatic rings. The molecule has 126 valence electrons. The van der Waals surface area contributed by atoms with E-state index in [-0.39, 0.29) is 11.9 Å². The van der Waals surface area contributed by atoms with E-state index in [0.717, 1.165) is 37.4 Å². The Morgan fingerprint density at radius 1 is 1.17 bits per heavy atom. The van der Waals surface area contributed by atoms with Crippen LogP contribution in [0.1, 0.15) is 23.6 Å². The van der Waals surface area contributed by atoms with Gasteiger partial charge in [-0.3, -0.25) is 4.79 Å². The SMILES string of the molecule is COc1ccc([C@@H]2CNCCN2C(=O)CCc2ccccc2)cc1. The van der Waals surface area contributed by atoms with Gasteiger partial charge >= 0.3 is 0 Å². The van der Waals surface area contributed by atoms with Gasteiger partial charge < -0.3 is 15.0 Å². The first-order valence-electron chi connectivity index (χ1n) is 8.46. The Bertz CT molecular complexity index is 655. The number of rotatable bonds is 5. The number of benzene rings is 2. The van der Waals surface area contributed by atoms with Crippen molar-refractivity contribution >= 4 is 5.91 Å². The number of nitrogens with zero attached hydrogens (tertiary/aromatic N) is 1. The zero-order valence-electron chi connectivity index (χ0n) is 14.1. The quantitative estimate of drug-likeness (QED) is 0.919. The molecule has 0 spiro atoms. The largest absolute Gasteiger partial charge is 0.497 e. The van der Waals surface area contributed by atoms with Crippen LogP contribution in [0.2, 0.25) is 0 Å². The monoisotopic (exact) mass is 324 g/mol. The van der Waals surface area contributed by atoms with Crippen LogP contribution in [0.3, 0.4) is 0 Å². The predicted octanol–water partition coefficient (Wildman–Crippen LogP) is 2.80. The molecule has 1 amide bonds. The van der Waals surface area contributed by atoms with Crippen LogP contribution in [-0.2, 0) is 11.2 Å². The van der Waals surface area contributed by atoms with Crippen LogP contribution in [0.15, 0.2) is 54.6 Å². The molecule has 1 atom stereocenters. The highest BCUT2D eigenvalue weighted by Crippen LogP contribution is 2.25. The number of carbonyl (C=O) groups is 1. The summed E-state index contributed by atoms with van der Waals surface area (Å²) in [5.74, 6) is 1.06. The Balaban J connectivity index is 1.67. The van der Waals surface area contributed by atoms with Gasteiger partial charge in [-0.25, -0.2) is 0 Å². The van der Waals surface area contributed by atoms with Crippen molar-refractivity contribution in [3.8, 4) is 5.75 Å². The fraction of sp³-hybridized carbons (Fsp3) is 0.350. The van der Waals surface area contributed by atoms with E-state index in [4.69, 9.17) is 4.74 Å². The standard InChI is InChI=1S/C20H24N2O2/c1-24-18-10-8-17(9-11-18)19-15-21-13-14-22(19)20(23)12-7-16-5-3-2-4-6-16/h2-6,8-11,19,21H,7,12-15H2,1H3/t19-/m0/s1. The third kappa shape index (κ3) is 3.95. The molecular formula is C20H24N2O2. The topological polar surface area (TPSA) is 41.6 Å². The fourth-order valence-corrected chi connectivity index (χ4v) is 3.17. The van der Waals surface area contributed by atoms with Gasteiger partial charge in [-0.1, -0.05) is 42.5 Å². The highest BCUT2D eigenvalue weighted by molar-refractivity contribution is 5.77. The van der Waals surface area contributed by atoms with E-state index in [9.17, 15) is 4.79 Å². The first-order valence-corrected chi connectivity index (χ1v) is 8.46. The van der Waals surface area contributed by atoms with Crippen LogP contribution in [0.4, 0.5) is 0 Å². The number of amides is 1. The lowest BCUT2D eigenvalue weighted by atomic mass is 10.0. The number of nitrogens with one attached hydrogen (secondary N) is 1. The van der Waals surface area contributed by atoms with Crippen molar-refractivity contribution in [3.63, 3.8) is 0 Å². The number of hydrogen-bond acceptors (Lipinski definition) is 3. The van der Waals surface area contributed by atoms with Crippen molar-refractivity contribution in [2.24, 2.45) is 0 Å². The average molecular weight is 324 g/mol. The molecule has 1 heterocycles. The zero-order valence-corrected chi connectivity index (χ0v) is 14.1. The molecule has 0 aliphatic carbocycles. The van der Waals surface area contributed by atoms with Gasteiger partial charge in [0, 0.05) is 26.1 Å². The highest BCUT2D eigenvalue weighted by Gasteiger charge is 2.27. The summed E-state index contributed by atoms with van der Waals surface area (Å²) in [6.07, 6.45) is 1.34. The normalized spacial score (nSPS) is 17.5. The number of aryl methyl sites for hydroxylation is 1. The van der Waals surface area contributed by atoms with Crippen molar-refractivity contribution in [1.29, 1.82) is 0 Å². The first kappa shape index (κ1) is 16.5. The highest BCUT2D eigenvalue weighted by atomic mass is 16.5. The summed E-state index contributed by atoms with van der Waals surface area (Å²) < 4.78 is 5.22. The summed E-state index contributed by atoms with van der Waals surface area (Å²) in [4.78, 5) is 14.8. The Kier molecular flexibility index (Phi) is 5.49. The molecule has 0 radical (unpaired) electrons. The second-order valence-electron chi connectivity index (χ2n) is 6.07. The van der Waals surface area contributed by atoms with Gasteiger partial charge in [0.25, 0.3) is 0 Å². The molecule has 4 nitrogen and oxygen atoms in total. The Morgan fingerprint density at radius 2 is 1.92 bits per heavy atom. The molecule has 0 unspecified atom stereocenters. The van der Waals surface area contributed by atoms with Crippen LogP contribution in [0.25, 0.3) is 0 Å². The zero-order chi connectivity index (χ0) is 16.8. The fourth-order valence-electron chi connectivity index (χ4n) is 3.17. The van der Waals surface area contributed by atoms with E-state index >= 15 is 0 Å². The van der Waals surface area contributed by atoms with Crippen molar-refractivity contribution in [3.05, 3.63) is 65.7 Å². The van der Waals surface area contributed by atoms with E-state index in [1.807, 2.05) is 47.4 Å².